The van der Waals surface area contributed by atoms with Crippen LogP contribution in [-0.2, 0) is 14.3 Å². The number of anilines is 2. The summed E-state index contributed by atoms with van der Waals surface area (Å²) in [5, 5.41) is 0. The molecule has 0 radical (unpaired) electrons. The first-order valence-corrected chi connectivity index (χ1v) is 8.27. The van der Waals surface area contributed by atoms with Crippen LogP contribution in [0, 0.1) is 0 Å². The van der Waals surface area contributed by atoms with Crippen molar-refractivity contribution in [3.63, 3.8) is 0 Å². The van der Waals surface area contributed by atoms with Gasteiger partial charge < -0.3 is 14.2 Å². The van der Waals surface area contributed by atoms with E-state index in [1.54, 1.807) is 43.4 Å². The molecule has 0 saturated carbocycles. The molecule has 0 unspecified atom stereocenters. The fraction of sp³-hybridized carbons (Fsp3) is 0.300. The number of benzene rings is 2. The van der Waals surface area contributed by atoms with E-state index < -0.39 is 0 Å². The van der Waals surface area contributed by atoms with Gasteiger partial charge in [-0.05, 0) is 55.0 Å². The van der Waals surface area contributed by atoms with Crippen LogP contribution in [0.2, 0.25) is 0 Å². The summed E-state index contributed by atoms with van der Waals surface area (Å²) in [4.78, 5) is 25.7. The van der Waals surface area contributed by atoms with Gasteiger partial charge in [0.15, 0.2) is 0 Å². The van der Waals surface area contributed by atoms with Gasteiger partial charge in [-0.1, -0.05) is 0 Å². The van der Waals surface area contributed by atoms with Gasteiger partial charge in [-0.15, -0.1) is 0 Å². The van der Waals surface area contributed by atoms with Crippen molar-refractivity contribution in [2.45, 2.75) is 19.3 Å². The fourth-order valence-electron chi connectivity index (χ4n) is 2.50. The van der Waals surface area contributed by atoms with Crippen molar-refractivity contribution in [1.29, 1.82) is 0 Å². The van der Waals surface area contributed by atoms with Gasteiger partial charge in [-0.25, -0.2) is 0 Å². The molecule has 1 amide bonds. The van der Waals surface area contributed by atoms with Gasteiger partial charge in [0.2, 0.25) is 5.91 Å². The summed E-state index contributed by atoms with van der Waals surface area (Å²) in [6.07, 6.45) is 0.864. The molecule has 0 fully saturated rings. The molecule has 0 aromatic heterocycles. The van der Waals surface area contributed by atoms with Crippen molar-refractivity contribution in [2.75, 3.05) is 26.2 Å². The maximum absolute atomic E-state index is 12.8. The molecule has 0 aliphatic carbocycles. The first-order valence-electron chi connectivity index (χ1n) is 8.27. The number of nitrogens with zero attached hydrogens (tertiary/aromatic N) is 1. The molecule has 6 heteroatoms. The summed E-state index contributed by atoms with van der Waals surface area (Å²) in [5.74, 6) is 0.991. The molecule has 138 valence electrons. The van der Waals surface area contributed by atoms with E-state index in [-0.39, 0.29) is 24.7 Å². The second kappa shape index (κ2) is 9.46. The molecule has 2 aromatic rings. The highest BCUT2D eigenvalue weighted by atomic mass is 16.5. The average Bonchev–Trinajstić information content (AvgIpc) is 2.69. The first kappa shape index (κ1) is 19.3. The molecule has 26 heavy (non-hydrogen) atoms. The minimum Gasteiger partial charge on any atom is -0.497 e. The fourth-order valence-corrected chi connectivity index (χ4v) is 2.50. The Bertz CT molecular complexity index is 677. The average molecular weight is 357 g/mol. The van der Waals surface area contributed by atoms with Crippen LogP contribution < -0.4 is 14.4 Å². The van der Waals surface area contributed by atoms with Gasteiger partial charge in [0.1, 0.15) is 11.5 Å². The van der Waals surface area contributed by atoms with Crippen LogP contribution in [-0.4, -0.2) is 33.2 Å². The van der Waals surface area contributed by atoms with Gasteiger partial charge in [0.05, 0.1) is 21.3 Å². The Morgan fingerprint density at radius 1 is 0.769 bits per heavy atom. The zero-order chi connectivity index (χ0) is 18.9. The van der Waals surface area contributed by atoms with Crippen LogP contribution in [0.25, 0.3) is 0 Å². The largest absolute Gasteiger partial charge is 0.497 e. The number of esters is 1. The molecule has 2 rings (SSSR count). The molecule has 0 bridgehead atoms. The summed E-state index contributed by atoms with van der Waals surface area (Å²) in [7, 11) is 4.52. The molecule has 0 heterocycles. The number of amides is 1. The molecule has 0 atom stereocenters. The molecule has 0 N–H and O–H groups in total. The normalized spacial score (nSPS) is 10.1. The third-order valence-corrected chi connectivity index (χ3v) is 3.91. The smallest absolute Gasteiger partial charge is 0.305 e. The van der Waals surface area contributed by atoms with Crippen LogP contribution >= 0.6 is 0 Å². The predicted molar refractivity (Wildman–Crippen MR) is 99.0 cm³/mol. The van der Waals surface area contributed by atoms with E-state index in [0.29, 0.717) is 17.9 Å². The van der Waals surface area contributed by atoms with Crippen LogP contribution in [0.4, 0.5) is 11.4 Å². The quantitative estimate of drug-likeness (QED) is 0.674. The van der Waals surface area contributed by atoms with E-state index >= 15 is 0 Å². The Hall–Kier alpha value is -3.02. The summed E-state index contributed by atoms with van der Waals surface area (Å²) in [6, 6.07) is 14.5. The minimum absolute atomic E-state index is 0.107. The molecule has 0 aliphatic heterocycles. The lowest BCUT2D eigenvalue weighted by molar-refractivity contribution is -0.140. The van der Waals surface area contributed by atoms with Crippen molar-refractivity contribution < 1.29 is 23.8 Å². The number of rotatable bonds is 8. The van der Waals surface area contributed by atoms with Crippen LogP contribution in [0.3, 0.4) is 0 Å². The van der Waals surface area contributed by atoms with Gasteiger partial charge in [-0.2, -0.15) is 0 Å². The number of carbonyl (C=O) groups is 2. The van der Waals surface area contributed by atoms with E-state index in [4.69, 9.17) is 9.47 Å². The van der Waals surface area contributed by atoms with Gasteiger partial charge in [0, 0.05) is 24.2 Å². The van der Waals surface area contributed by atoms with Gasteiger partial charge in [0.25, 0.3) is 0 Å². The molecule has 0 saturated heterocycles. The number of hydrogen-bond donors (Lipinski definition) is 0. The van der Waals surface area contributed by atoms with E-state index in [1.165, 1.54) is 7.11 Å². The first-order chi connectivity index (χ1) is 12.6. The highest BCUT2D eigenvalue weighted by Crippen LogP contribution is 2.29. The monoisotopic (exact) mass is 357 g/mol. The maximum Gasteiger partial charge on any atom is 0.305 e. The highest BCUT2D eigenvalue weighted by Gasteiger charge is 2.18. The van der Waals surface area contributed by atoms with Crippen LogP contribution in [0.5, 0.6) is 11.5 Å². The van der Waals surface area contributed by atoms with E-state index in [1.807, 2.05) is 24.3 Å². The number of carbonyl (C=O) groups excluding carboxylic acids is 2. The Kier molecular flexibility index (Phi) is 7.02. The molecule has 0 aliphatic rings. The third-order valence-electron chi connectivity index (χ3n) is 3.91. The lowest BCUT2D eigenvalue weighted by atomic mass is 10.1. The predicted octanol–water partition coefficient (Wildman–Crippen LogP) is 3.71. The number of ether oxygens (including phenoxy) is 3. The third kappa shape index (κ3) is 4.99. The van der Waals surface area contributed by atoms with Gasteiger partial charge >= 0.3 is 5.97 Å². The maximum atomic E-state index is 12.8. The second-order valence-electron chi connectivity index (χ2n) is 5.55. The standard InChI is InChI=1S/C20H23NO5/c1-24-17-11-7-15(8-12-17)21(16-9-13-18(25-2)14-10-16)19(22)5-4-6-20(23)26-3/h7-14H,4-6H2,1-3H3. The zero-order valence-corrected chi connectivity index (χ0v) is 15.2. The highest BCUT2D eigenvalue weighted by molar-refractivity contribution is 6.00. The van der Waals surface area contributed by atoms with Crippen molar-refractivity contribution in [3.8, 4) is 11.5 Å². The number of hydrogen-bond acceptors (Lipinski definition) is 5. The molecule has 6 nitrogen and oxygen atoms in total. The lowest BCUT2D eigenvalue weighted by Crippen LogP contribution is -2.25. The topological polar surface area (TPSA) is 65.1 Å². The molecule has 2 aromatic carbocycles. The Morgan fingerprint density at radius 2 is 1.23 bits per heavy atom. The van der Waals surface area contributed by atoms with Crippen molar-refractivity contribution in [3.05, 3.63) is 48.5 Å². The Balaban J connectivity index is 2.24. The number of methoxy groups -OCH3 is 3. The summed E-state index contributed by atoms with van der Waals surface area (Å²) in [6.45, 7) is 0. The van der Waals surface area contributed by atoms with E-state index in [9.17, 15) is 9.59 Å². The van der Waals surface area contributed by atoms with Crippen molar-refractivity contribution in [2.24, 2.45) is 0 Å². The van der Waals surface area contributed by atoms with Crippen LogP contribution in [0.1, 0.15) is 19.3 Å². The van der Waals surface area contributed by atoms with E-state index in [0.717, 1.165) is 11.4 Å². The molecular weight excluding hydrogens is 334 g/mol. The SMILES string of the molecule is COC(=O)CCCC(=O)N(c1ccc(OC)cc1)c1ccc(OC)cc1. The van der Waals surface area contributed by atoms with Gasteiger partial charge in [-0.3, -0.25) is 14.5 Å². The Labute approximate surface area is 153 Å². The van der Waals surface area contributed by atoms with Crippen LogP contribution in [0.15, 0.2) is 48.5 Å². The lowest BCUT2D eigenvalue weighted by Gasteiger charge is -2.23. The summed E-state index contributed by atoms with van der Waals surface area (Å²) < 4.78 is 15.0. The van der Waals surface area contributed by atoms with Crippen molar-refractivity contribution >= 4 is 23.3 Å². The molecule has 0 spiro atoms. The summed E-state index contributed by atoms with van der Waals surface area (Å²) in [5.41, 5.74) is 1.44. The molecular formula is C20H23NO5. The summed E-state index contributed by atoms with van der Waals surface area (Å²) >= 11 is 0. The van der Waals surface area contributed by atoms with Crippen molar-refractivity contribution in [1.82, 2.24) is 0 Å². The van der Waals surface area contributed by atoms with E-state index in [2.05, 4.69) is 4.74 Å². The minimum atomic E-state index is -0.321. The second-order valence-corrected chi connectivity index (χ2v) is 5.55. The Morgan fingerprint density at radius 3 is 1.62 bits per heavy atom. The zero-order valence-electron chi connectivity index (χ0n) is 15.2.